The van der Waals surface area contributed by atoms with E-state index in [9.17, 15) is 8.78 Å². The number of hydrogen-bond donors (Lipinski definition) is 1. The van der Waals surface area contributed by atoms with E-state index in [-0.39, 0.29) is 18.2 Å². The van der Waals surface area contributed by atoms with Gasteiger partial charge >= 0.3 is 0 Å². The molecule has 1 N–H and O–H groups in total. The van der Waals surface area contributed by atoms with Gasteiger partial charge in [-0.05, 0) is 30.2 Å². The molecule has 0 unspecified atom stereocenters. The molecule has 134 valence electrons. The Morgan fingerprint density at radius 3 is 2.12 bits per heavy atom. The van der Waals surface area contributed by atoms with Crippen molar-refractivity contribution in [2.75, 3.05) is 19.0 Å². The summed E-state index contributed by atoms with van der Waals surface area (Å²) in [5, 5.41) is 21.0. The Hall–Kier alpha value is -3.32. The molecular formula is C19H17F2N3O2. The minimum atomic E-state index is -1.07. The van der Waals surface area contributed by atoms with Crippen LogP contribution in [0, 0.1) is 40.2 Å². The second kappa shape index (κ2) is 8.17. The van der Waals surface area contributed by atoms with Crippen LogP contribution in [0.2, 0.25) is 0 Å². The Labute approximate surface area is 150 Å². The van der Waals surface area contributed by atoms with E-state index in [0.717, 1.165) is 0 Å². The van der Waals surface area contributed by atoms with Crippen molar-refractivity contribution in [2.24, 2.45) is 5.92 Å². The predicted molar refractivity (Wildman–Crippen MR) is 92.4 cm³/mol. The molecule has 0 heterocycles. The number of nitrogens with one attached hydrogen (secondary N) is 1. The lowest BCUT2D eigenvalue weighted by Crippen LogP contribution is -2.11. The fourth-order valence-corrected chi connectivity index (χ4v) is 2.19. The van der Waals surface area contributed by atoms with Crippen LogP contribution in [-0.4, -0.2) is 13.7 Å². The summed E-state index contributed by atoms with van der Waals surface area (Å²) in [6, 6.07) is 9.55. The smallest absolute Gasteiger partial charge is 0.186 e. The normalized spacial score (nSPS) is 10.2. The monoisotopic (exact) mass is 357 g/mol. The highest BCUT2D eigenvalue weighted by molar-refractivity contribution is 5.72. The molecule has 0 aromatic heterocycles. The summed E-state index contributed by atoms with van der Waals surface area (Å²) in [6.07, 6.45) is 0. The number of hydrogen-bond acceptors (Lipinski definition) is 5. The highest BCUT2D eigenvalue weighted by atomic mass is 19.1. The van der Waals surface area contributed by atoms with Crippen LogP contribution in [0.1, 0.15) is 25.0 Å². The third-order valence-electron chi connectivity index (χ3n) is 3.48. The van der Waals surface area contributed by atoms with E-state index < -0.39 is 28.5 Å². The zero-order chi connectivity index (χ0) is 19.3. The average molecular weight is 357 g/mol. The molecule has 0 atom stereocenters. The topological polar surface area (TPSA) is 78.1 Å². The van der Waals surface area contributed by atoms with Gasteiger partial charge in [-0.25, -0.2) is 8.78 Å². The summed E-state index contributed by atoms with van der Waals surface area (Å²) >= 11 is 0. The van der Waals surface area contributed by atoms with Crippen molar-refractivity contribution in [2.45, 2.75) is 13.8 Å². The largest absolute Gasteiger partial charge is 0.497 e. The fourth-order valence-electron chi connectivity index (χ4n) is 2.19. The average Bonchev–Trinajstić information content (AvgIpc) is 2.64. The first-order valence-corrected chi connectivity index (χ1v) is 7.81. The maximum Gasteiger partial charge on any atom is 0.186 e. The van der Waals surface area contributed by atoms with Crippen LogP contribution in [0.4, 0.5) is 20.2 Å². The van der Waals surface area contributed by atoms with Gasteiger partial charge in [-0.2, -0.15) is 10.5 Å². The molecule has 0 fully saturated rings. The third-order valence-corrected chi connectivity index (χ3v) is 3.48. The van der Waals surface area contributed by atoms with Crippen molar-refractivity contribution in [1.29, 1.82) is 10.5 Å². The lowest BCUT2D eigenvalue weighted by Gasteiger charge is -2.18. The molecule has 0 saturated heterocycles. The lowest BCUT2D eigenvalue weighted by atomic mass is 10.0. The van der Waals surface area contributed by atoms with Gasteiger partial charge in [0.25, 0.3) is 0 Å². The van der Waals surface area contributed by atoms with Gasteiger partial charge in [0.15, 0.2) is 17.4 Å². The second-order valence-electron chi connectivity index (χ2n) is 5.86. The molecule has 0 aliphatic heterocycles. The van der Waals surface area contributed by atoms with E-state index >= 15 is 0 Å². The van der Waals surface area contributed by atoms with Crippen molar-refractivity contribution >= 4 is 11.4 Å². The first-order chi connectivity index (χ1) is 12.4. The maximum atomic E-state index is 14.8. The van der Waals surface area contributed by atoms with Gasteiger partial charge in [0.1, 0.15) is 34.7 Å². The number of methoxy groups -OCH3 is 1. The van der Waals surface area contributed by atoms with Crippen LogP contribution in [0.3, 0.4) is 0 Å². The van der Waals surface area contributed by atoms with Crippen molar-refractivity contribution < 1.29 is 18.3 Å². The predicted octanol–water partition coefficient (Wildman–Crippen LogP) is 4.50. The summed E-state index contributed by atoms with van der Waals surface area (Å²) in [5.74, 6) is -1.90. The van der Waals surface area contributed by atoms with Crippen molar-refractivity contribution in [1.82, 2.24) is 0 Å². The molecule has 5 nitrogen and oxygen atoms in total. The van der Waals surface area contributed by atoms with Gasteiger partial charge in [0.05, 0.1) is 13.7 Å². The fraction of sp³-hybridized carbons (Fsp3) is 0.263. The Morgan fingerprint density at radius 1 is 1.04 bits per heavy atom. The minimum Gasteiger partial charge on any atom is -0.497 e. The summed E-state index contributed by atoms with van der Waals surface area (Å²) in [5.41, 5.74) is -1.24. The van der Waals surface area contributed by atoms with Crippen molar-refractivity contribution in [3.05, 3.63) is 47.0 Å². The molecule has 0 aliphatic rings. The third kappa shape index (κ3) is 3.84. The van der Waals surface area contributed by atoms with Gasteiger partial charge in [0.2, 0.25) is 0 Å². The molecular weight excluding hydrogens is 340 g/mol. The number of anilines is 2. The van der Waals surface area contributed by atoms with Crippen LogP contribution < -0.4 is 14.8 Å². The van der Waals surface area contributed by atoms with Crippen LogP contribution in [0.15, 0.2) is 24.3 Å². The Balaban J connectivity index is 2.58. The number of nitrogens with zero attached hydrogens (tertiary/aromatic N) is 2. The molecule has 2 aromatic rings. The van der Waals surface area contributed by atoms with E-state index in [1.807, 2.05) is 13.8 Å². The van der Waals surface area contributed by atoms with E-state index in [1.54, 1.807) is 24.3 Å². The Kier molecular flexibility index (Phi) is 5.98. The SMILES string of the molecule is COc1ccc(Nc2c(F)c(C#N)c(C#N)c(F)c2OCC(C)C)cc1. The lowest BCUT2D eigenvalue weighted by molar-refractivity contribution is 0.259. The van der Waals surface area contributed by atoms with Crippen LogP contribution in [0.25, 0.3) is 0 Å². The van der Waals surface area contributed by atoms with Crippen molar-refractivity contribution in [3.63, 3.8) is 0 Å². The quantitative estimate of drug-likeness (QED) is 0.824. The summed E-state index contributed by atoms with van der Waals surface area (Å²) in [7, 11) is 1.51. The van der Waals surface area contributed by atoms with E-state index in [4.69, 9.17) is 20.0 Å². The van der Waals surface area contributed by atoms with Crippen molar-refractivity contribution in [3.8, 4) is 23.6 Å². The summed E-state index contributed by atoms with van der Waals surface area (Å²) in [4.78, 5) is 0. The van der Waals surface area contributed by atoms with Crippen LogP contribution >= 0.6 is 0 Å². The summed E-state index contributed by atoms with van der Waals surface area (Å²) < 4.78 is 40.0. The zero-order valence-corrected chi connectivity index (χ0v) is 14.6. The first kappa shape index (κ1) is 19.0. The first-order valence-electron chi connectivity index (χ1n) is 7.81. The van der Waals surface area contributed by atoms with Gasteiger partial charge in [-0.1, -0.05) is 13.8 Å². The molecule has 26 heavy (non-hydrogen) atoms. The molecule has 0 saturated carbocycles. The Morgan fingerprint density at radius 2 is 1.62 bits per heavy atom. The zero-order valence-electron chi connectivity index (χ0n) is 14.6. The molecule has 7 heteroatoms. The van der Waals surface area contributed by atoms with Gasteiger partial charge in [-0.15, -0.1) is 0 Å². The number of benzene rings is 2. The highest BCUT2D eigenvalue weighted by Crippen LogP contribution is 2.38. The number of ether oxygens (including phenoxy) is 2. The number of nitriles is 2. The van der Waals surface area contributed by atoms with Crippen LogP contribution in [-0.2, 0) is 0 Å². The van der Waals surface area contributed by atoms with E-state index in [1.165, 1.54) is 19.2 Å². The van der Waals surface area contributed by atoms with E-state index in [0.29, 0.717) is 11.4 Å². The Bertz CT molecular complexity index is 882. The standard InChI is InChI=1S/C19H17F2N3O2/c1-11(2)10-26-19-17(21)15(9-23)14(8-22)16(20)18(19)24-12-4-6-13(25-3)7-5-12/h4-7,11,24H,10H2,1-3H3. The van der Waals surface area contributed by atoms with Gasteiger partial charge < -0.3 is 14.8 Å². The molecule has 0 bridgehead atoms. The van der Waals surface area contributed by atoms with E-state index in [2.05, 4.69) is 5.32 Å². The molecule has 2 aromatic carbocycles. The van der Waals surface area contributed by atoms with Crippen LogP contribution in [0.5, 0.6) is 11.5 Å². The molecule has 0 radical (unpaired) electrons. The number of halogens is 2. The molecule has 0 aliphatic carbocycles. The van der Waals surface area contributed by atoms with Gasteiger partial charge in [0, 0.05) is 5.69 Å². The maximum absolute atomic E-state index is 14.8. The molecule has 0 amide bonds. The molecule has 0 spiro atoms. The molecule has 2 rings (SSSR count). The summed E-state index contributed by atoms with van der Waals surface area (Å²) in [6.45, 7) is 3.81. The second-order valence-corrected chi connectivity index (χ2v) is 5.86. The minimum absolute atomic E-state index is 0.0486. The number of rotatable bonds is 6. The van der Waals surface area contributed by atoms with Gasteiger partial charge in [-0.3, -0.25) is 0 Å². The highest BCUT2D eigenvalue weighted by Gasteiger charge is 2.26.